The maximum atomic E-state index is 12.9. The second-order valence-electron chi connectivity index (χ2n) is 8.71. The number of ether oxygens (including phenoxy) is 1. The molecule has 2 aromatic carbocycles. The second-order valence-corrected chi connectivity index (χ2v) is 8.71. The van der Waals surface area contributed by atoms with E-state index >= 15 is 0 Å². The Bertz CT molecular complexity index is 983. The van der Waals surface area contributed by atoms with Crippen molar-refractivity contribution < 1.29 is 24.2 Å². The van der Waals surface area contributed by atoms with Gasteiger partial charge in [-0.1, -0.05) is 61.4 Å². The highest BCUT2D eigenvalue weighted by atomic mass is 16.5. The van der Waals surface area contributed by atoms with Crippen molar-refractivity contribution in [1.82, 2.24) is 10.6 Å². The summed E-state index contributed by atoms with van der Waals surface area (Å²) in [5, 5.41) is 14.5. The van der Waals surface area contributed by atoms with Gasteiger partial charge in [-0.2, -0.15) is 0 Å². The highest BCUT2D eigenvalue weighted by molar-refractivity contribution is 5.90. The predicted octanol–water partition coefficient (Wildman–Crippen LogP) is 3.82. The van der Waals surface area contributed by atoms with E-state index < -0.39 is 23.6 Å². The van der Waals surface area contributed by atoms with Crippen LogP contribution in [0.3, 0.4) is 0 Å². The van der Waals surface area contributed by atoms with Crippen molar-refractivity contribution in [2.24, 2.45) is 0 Å². The third-order valence-corrected chi connectivity index (χ3v) is 6.44. The number of benzene rings is 2. The number of alkyl carbamates (subject to hydrolysis) is 1. The highest BCUT2D eigenvalue weighted by Crippen LogP contribution is 2.44. The number of fused-ring (bicyclic) bond motifs is 3. The Kier molecular flexibility index (Phi) is 6.17. The van der Waals surface area contributed by atoms with E-state index in [9.17, 15) is 14.4 Å². The zero-order valence-corrected chi connectivity index (χ0v) is 18.1. The number of hydrogen-bond acceptors (Lipinski definition) is 4. The molecule has 1 atom stereocenters. The lowest BCUT2D eigenvalue weighted by molar-refractivity contribution is -0.137. The van der Waals surface area contributed by atoms with Crippen LogP contribution in [0.15, 0.2) is 48.5 Å². The number of rotatable bonds is 7. The van der Waals surface area contributed by atoms with Crippen molar-refractivity contribution in [2.45, 2.75) is 56.5 Å². The van der Waals surface area contributed by atoms with Gasteiger partial charge in [-0.25, -0.2) is 4.79 Å². The number of carbonyl (C=O) groups is 3. The number of aliphatic carboxylic acids is 1. The summed E-state index contributed by atoms with van der Waals surface area (Å²) in [4.78, 5) is 36.6. The molecule has 1 fully saturated rings. The van der Waals surface area contributed by atoms with Gasteiger partial charge >= 0.3 is 12.1 Å². The first kappa shape index (κ1) is 21.9. The molecule has 3 N–H and O–H groups in total. The van der Waals surface area contributed by atoms with Gasteiger partial charge in [-0.15, -0.1) is 0 Å². The first-order chi connectivity index (χ1) is 15.4. The number of carboxylic acids is 1. The van der Waals surface area contributed by atoms with Gasteiger partial charge in [-0.05, 0) is 42.0 Å². The average molecular weight is 437 g/mol. The van der Waals surface area contributed by atoms with Crippen LogP contribution in [0.2, 0.25) is 0 Å². The zero-order chi connectivity index (χ0) is 22.7. The molecule has 0 bridgehead atoms. The Morgan fingerprint density at radius 2 is 1.59 bits per heavy atom. The van der Waals surface area contributed by atoms with Gasteiger partial charge in [-0.3, -0.25) is 9.59 Å². The van der Waals surface area contributed by atoms with Gasteiger partial charge in [0.25, 0.3) is 0 Å². The van der Waals surface area contributed by atoms with E-state index in [1.165, 1.54) is 0 Å². The molecular weight excluding hydrogens is 408 g/mol. The van der Waals surface area contributed by atoms with Crippen LogP contribution in [0.25, 0.3) is 11.1 Å². The van der Waals surface area contributed by atoms with Crippen LogP contribution < -0.4 is 10.6 Å². The Morgan fingerprint density at radius 3 is 2.16 bits per heavy atom. The molecule has 1 saturated carbocycles. The number of hydrogen-bond donors (Lipinski definition) is 3. The monoisotopic (exact) mass is 436 g/mol. The molecule has 2 aromatic rings. The molecule has 0 aromatic heterocycles. The smallest absolute Gasteiger partial charge is 0.408 e. The molecule has 168 valence electrons. The summed E-state index contributed by atoms with van der Waals surface area (Å²) in [6.07, 6.45) is 1.82. The van der Waals surface area contributed by atoms with Gasteiger partial charge in [0.2, 0.25) is 5.91 Å². The Labute approximate surface area is 187 Å². The van der Waals surface area contributed by atoms with E-state index in [0.717, 1.165) is 35.1 Å². The third kappa shape index (κ3) is 4.33. The number of nitrogens with one attached hydrogen (secondary N) is 2. The molecule has 0 heterocycles. The van der Waals surface area contributed by atoms with Crippen molar-refractivity contribution in [3.8, 4) is 11.1 Å². The summed E-state index contributed by atoms with van der Waals surface area (Å²) in [5.41, 5.74) is 3.48. The minimum absolute atomic E-state index is 0.0582. The molecule has 2 amide bonds. The lowest BCUT2D eigenvalue weighted by atomic mass is 9.96. The fourth-order valence-electron chi connectivity index (χ4n) is 4.89. The van der Waals surface area contributed by atoms with E-state index in [1.54, 1.807) is 6.92 Å². The van der Waals surface area contributed by atoms with Gasteiger partial charge < -0.3 is 20.5 Å². The number of carbonyl (C=O) groups excluding carboxylic acids is 2. The number of amides is 2. The standard InChI is InChI=1S/C25H28N2O5/c1-16(14-22(28)29)26-23(30)25(12-6-7-13-25)27-24(31)32-15-21-19-10-4-2-8-17(19)18-9-3-5-11-20(18)21/h2-5,8-11,16,21H,6-7,12-15H2,1H3,(H,26,30)(H,27,31)(H,28,29). The van der Waals surface area contributed by atoms with Crippen molar-refractivity contribution in [3.63, 3.8) is 0 Å². The van der Waals surface area contributed by atoms with Crippen molar-refractivity contribution >= 4 is 18.0 Å². The van der Waals surface area contributed by atoms with Gasteiger partial charge in [0.15, 0.2) is 0 Å². The normalized spacial score (nSPS) is 17.2. The summed E-state index contributed by atoms with van der Waals surface area (Å²) in [5.74, 6) is -1.39. The van der Waals surface area contributed by atoms with E-state index in [1.807, 2.05) is 24.3 Å². The van der Waals surface area contributed by atoms with Crippen LogP contribution in [-0.2, 0) is 14.3 Å². The van der Waals surface area contributed by atoms with E-state index in [0.29, 0.717) is 12.8 Å². The highest BCUT2D eigenvalue weighted by Gasteiger charge is 2.43. The largest absolute Gasteiger partial charge is 0.481 e. The molecule has 0 aliphatic heterocycles. The molecule has 2 aliphatic rings. The van der Waals surface area contributed by atoms with E-state index in [-0.39, 0.29) is 24.9 Å². The lowest BCUT2D eigenvalue weighted by Crippen LogP contribution is -2.58. The fraction of sp³-hybridized carbons (Fsp3) is 0.400. The molecule has 4 rings (SSSR count). The predicted molar refractivity (Wildman–Crippen MR) is 119 cm³/mol. The van der Waals surface area contributed by atoms with Crippen molar-refractivity contribution in [2.75, 3.05) is 6.61 Å². The minimum Gasteiger partial charge on any atom is -0.481 e. The summed E-state index contributed by atoms with van der Waals surface area (Å²) in [6.45, 7) is 1.81. The van der Waals surface area contributed by atoms with E-state index in [2.05, 4.69) is 34.9 Å². The van der Waals surface area contributed by atoms with Gasteiger partial charge in [0.05, 0.1) is 6.42 Å². The van der Waals surface area contributed by atoms with Crippen LogP contribution in [0, 0.1) is 0 Å². The van der Waals surface area contributed by atoms with Crippen molar-refractivity contribution in [3.05, 3.63) is 59.7 Å². The van der Waals surface area contributed by atoms with Gasteiger partial charge in [0.1, 0.15) is 12.1 Å². The maximum absolute atomic E-state index is 12.9. The van der Waals surface area contributed by atoms with Crippen molar-refractivity contribution in [1.29, 1.82) is 0 Å². The average Bonchev–Trinajstić information content (AvgIpc) is 3.35. The maximum Gasteiger partial charge on any atom is 0.408 e. The number of carboxylic acid groups (broad SMARTS) is 1. The van der Waals surface area contributed by atoms with E-state index in [4.69, 9.17) is 9.84 Å². The molecular formula is C25H28N2O5. The van der Waals surface area contributed by atoms with Gasteiger partial charge in [0, 0.05) is 12.0 Å². The summed E-state index contributed by atoms with van der Waals surface area (Å²) in [7, 11) is 0. The second kappa shape index (κ2) is 9.02. The van der Waals surface area contributed by atoms with Crippen LogP contribution in [-0.4, -0.2) is 41.3 Å². The molecule has 0 spiro atoms. The topological polar surface area (TPSA) is 105 Å². The summed E-state index contributed by atoms with van der Waals surface area (Å²) >= 11 is 0. The fourth-order valence-corrected chi connectivity index (χ4v) is 4.89. The third-order valence-electron chi connectivity index (χ3n) is 6.44. The van der Waals surface area contributed by atoms with Crippen LogP contribution in [0.5, 0.6) is 0 Å². The Hall–Kier alpha value is -3.35. The molecule has 2 aliphatic carbocycles. The SMILES string of the molecule is CC(CC(=O)O)NC(=O)C1(NC(=O)OCC2c3ccccc3-c3ccccc32)CCCC1. The summed E-state index contributed by atoms with van der Waals surface area (Å²) in [6, 6.07) is 15.7. The lowest BCUT2D eigenvalue weighted by Gasteiger charge is -2.30. The quantitative estimate of drug-likeness (QED) is 0.612. The van der Waals surface area contributed by atoms with Crippen LogP contribution in [0.4, 0.5) is 4.79 Å². The first-order valence-electron chi connectivity index (χ1n) is 11.1. The summed E-state index contributed by atoms with van der Waals surface area (Å²) < 4.78 is 5.62. The zero-order valence-electron chi connectivity index (χ0n) is 18.1. The van der Waals surface area contributed by atoms with Crippen LogP contribution >= 0.6 is 0 Å². The van der Waals surface area contributed by atoms with Crippen LogP contribution in [0.1, 0.15) is 56.1 Å². The first-order valence-corrected chi connectivity index (χ1v) is 11.1. The minimum atomic E-state index is -1.06. The molecule has 7 nitrogen and oxygen atoms in total. The Morgan fingerprint density at radius 1 is 1.03 bits per heavy atom. The molecule has 0 radical (unpaired) electrons. The molecule has 0 saturated heterocycles. The Balaban J connectivity index is 1.43. The molecule has 7 heteroatoms. The molecule has 1 unspecified atom stereocenters. The molecule has 32 heavy (non-hydrogen) atoms.